The van der Waals surface area contributed by atoms with Crippen molar-refractivity contribution in [1.82, 2.24) is 9.97 Å². The van der Waals surface area contributed by atoms with Crippen LogP contribution in [0, 0.1) is 13.8 Å². The third-order valence-electron chi connectivity index (χ3n) is 2.80. The highest BCUT2D eigenvalue weighted by atomic mass is 35.5. The first-order valence-corrected chi connectivity index (χ1v) is 5.38. The molecule has 0 aliphatic carbocycles. The van der Waals surface area contributed by atoms with Gasteiger partial charge in [0.2, 0.25) is 0 Å². The fraction of sp³-hybridized carbons (Fsp3) is 0.143. The van der Waals surface area contributed by atoms with E-state index in [4.69, 9.17) is 0 Å². The number of fused-ring (bicyclic) bond motifs is 3. The molecule has 3 rings (SSSR count). The summed E-state index contributed by atoms with van der Waals surface area (Å²) in [6, 6.07) is 12.5. The van der Waals surface area contributed by atoms with Gasteiger partial charge in [0.1, 0.15) is 0 Å². The topological polar surface area (TPSA) is 25.8 Å². The minimum Gasteiger partial charge on any atom is -1.00 e. The van der Waals surface area contributed by atoms with E-state index in [1.54, 1.807) is 0 Å². The molecule has 0 amide bonds. The van der Waals surface area contributed by atoms with E-state index in [2.05, 4.69) is 34.2 Å². The quantitative estimate of drug-likeness (QED) is 0.535. The molecule has 0 saturated carbocycles. The molecule has 0 atom stereocenters. The van der Waals surface area contributed by atoms with Crippen LogP contribution in [0.4, 0.5) is 0 Å². The highest BCUT2D eigenvalue weighted by Crippen LogP contribution is 2.22. The molecule has 3 heteroatoms. The lowest BCUT2D eigenvalue weighted by Crippen LogP contribution is -3.00. The van der Waals surface area contributed by atoms with Crippen LogP contribution in [0.1, 0.15) is 11.4 Å². The van der Waals surface area contributed by atoms with Crippen molar-refractivity contribution in [2.45, 2.75) is 13.8 Å². The first-order chi connectivity index (χ1) is 7.74. The number of nitrogens with zero attached hydrogens (tertiary/aromatic N) is 2. The smallest absolute Gasteiger partial charge is 0.0967 e. The summed E-state index contributed by atoms with van der Waals surface area (Å²) in [4.78, 5) is 9.16. The molecular formula is C14H12ClN2-. The predicted molar refractivity (Wildman–Crippen MR) is 66.5 cm³/mol. The summed E-state index contributed by atoms with van der Waals surface area (Å²) in [6.07, 6.45) is 0. The molecule has 0 unspecified atom stereocenters. The molecule has 1 aromatic carbocycles. The second-order valence-corrected chi connectivity index (χ2v) is 4.11. The third-order valence-corrected chi connectivity index (χ3v) is 2.80. The molecule has 0 N–H and O–H groups in total. The van der Waals surface area contributed by atoms with E-state index in [1.807, 2.05) is 26.0 Å². The Morgan fingerprint density at radius 3 is 1.41 bits per heavy atom. The first kappa shape index (κ1) is 11.8. The Labute approximate surface area is 106 Å². The summed E-state index contributed by atoms with van der Waals surface area (Å²) in [7, 11) is 0. The van der Waals surface area contributed by atoms with Crippen molar-refractivity contribution in [2.24, 2.45) is 0 Å². The Morgan fingerprint density at radius 2 is 1.00 bits per heavy atom. The average molecular weight is 244 g/mol. The van der Waals surface area contributed by atoms with E-state index in [-0.39, 0.29) is 12.4 Å². The number of rotatable bonds is 0. The van der Waals surface area contributed by atoms with Crippen molar-refractivity contribution in [2.75, 3.05) is 0 Å². The van der Waals surface area contributed by atoms with Gasteiger partial charge in [-0.3, -0.25) is 9.97 Å². The number of pyridine rings is 2. The molecular weight excluding hydrogens is 232 g/mol. The zero-order valence-electron chi connectivity index (χ0n) is 9.74. The van der Waals surface area contributed by atoms with Crippen molar-refractivity contribution in [3.8, 4) is 0 Å². The van der Waals surface area contributed by atoms with Gasteiger partial charge in [-0.2, -0.15) is 0 Å². The Bertz CT molecular complexity index is 631. The number of hydrogen-bond donors (Lipinski definition) is 0. The van der Waals surface area contributed by atoms with Gasteiger partial charge in [0.05, 0.1) is 11.0 Å². The fourth-order valence-electron chi connectivity index (χ4n) is 1.96. The van der Waals surface area contributed by atoms with E-state index in [9.17, 15) is 0 Å². The van der Waals surface area contributed by atoms with Crippen LogP contribution in [0.25, 0.3) is 21.8 Å². The van der Waals surface area contributed by atoms with Gasteiger partial charge in [-0.05, 0) is 26.0 Å². The molecule has 86 valence electrons. The summed E-state index contributed by atoms with van der Waals surface area (Å²) >= 11 is 0. The van der Waals surface area contributed by atoms with Crippen LogP contribution in [0.2, 0.25) is 0 Å². The van der Waals surface area contributed by atoms with E-state index < -0.39 is 0 Å². The molecule has 0 spiro atoms. The number of halogens is 1. The van der Waals surface area contributed by atoms with Gasteiger partial charge in [0, 0.05) is 22.2 Å². The minimum absolute atomic E-state index is 0. The van der Waals surface area contributed by atoms with Crippen molar-refractivity contribution < 1.29 is 12.4 Å². The van der Waals surface area contributed by atoms with Gasteiger partial charge in [0.25, 0.3) is 0 Å². The number of aryl methyl sites for hydroxylation is 2. The second-order valence-electron chi connectivity index (χ2n) is 4.11. The average Bonchev–Trinajstić information content (AvgIpc) is 2.29. The van der Waals surface area contributed by atoms with Gasteiger partial charge < -0.3 is 12.4 Å². The lowest BCUT2D eigenvalue weighted by atomic mass is 10.1. The van der Waals surface area contributed by atoms with E-state index >= 15 is 0 Å². The summed E-state index contributed by atoms with van der Waals surface area (Å²) in [5, 5.41) is 2.30. The van der Waals surface area contributed by atoms with Crippen LogP contribution in [0.5, 0.6) is 0 Å². The van der Waals surface area contributed by atoms with E-state index in [1.165, 1.54) is 0 Å². The monoisotopic (exact) mass is 243 g/mol. The van der Waals surface area contributed by atoms with Gasteiger partial charge in [-0.25, -0.2) is 0 Å². The second kappa shape index (κ2) is 4.30. The van der Waals surface area contributed by atoms with Crippen LogP contribution in [0.3, 0.4) is 0 Å². The zero-order valence-corrected chi connectivity index (χ0v) is 10.5. The van der Waals surface area contributed by atoms with Crippen molar-refractivity contribution in [1.29, 1.82) is 0 Å². The Balaban J connectivity index is 0.00000108. The third kappa shape index (κ3) is 1.96. The maximum atomic E-state index is 4.58. The maximum Gasteiger partial charge on any atom is 0.0967 e. The standard InChI is InChI=1S/C14H12N2.ClH/c1-9-3-5-11-7-8-12-6-4-10(2)16-14(12)13(11)15-9;/h3-8H,1-2H3;1H/p-1. The van der Waals surface area contributed by atoms with Crippen LogP contribution < -0.4 is 12.4 Å². The molecule has 0 aliphatic rings. The molecule has 3 aromatic rings. The van der Waals surface area contributed by atoms with Crippen molar-refractivity contribution in [3.05, 3.63) is 47.8 Å². The maximum absolute atomic E-state index is 4.58. The number of benzene rings is 1. The van der Waals surface area contributed by atoms with Gasteiger partial charge in [-0.15, -0.1) is 0 Å². The summed E-state index contributed by atoms with van der Waals surface area (Å²) in [5.41, 5.74) is 4.06. The Hall–Kier alpha value is -1.67. The highest BCUT2D eigenvalue weighted by Gasteiger charge is 2.03. The lowest BCUT2D eigenvalue weighted by molar-refractivity contribution is -0.00000345. The molecule has 0 radical (unpaired) electrons. The van der Waals surface area contributed by atoms with Crippen LogP contribution in [-0.2, 0) is 0 Å². The molecule has 0 saturated heterocycles. The Kier molecular flexibility index (Phi) is 2.99. The normalized spacial score (nSPS) is 10.5. The first-order valence-electron chi connectivity index (χ1n) is 5.38. The van der Waals surface area contributed by atoms with Crippen LogP contribution in [-0.4, -0.2) is 9.97 Å². The van der Waals surface area contributed by atoms with E-state index in [0.29, 0.717) is 0 Å². The Morgan fingerprint density at radius 1 is 0.647 bits per heavy atom. The molecule has 0 bridgehead atoms. The van der Waals surface area contributed by atoms with Crippen LogP contribution in [0.15, 0.2) is 36.4 Å². The summed E-state index contributed by atoms with van der Waals surface area (Å²) < 4.78 is 0. The minimum atomic E-state index is 0. The highest BCUT2D eigenvalue weighted by molar-refractivity contribution is 6.02. The molecule has 0 fully saturated rings. The van der Waals surface area contributed by atoms with Crippen LogP contribution >= 0.6 is 0 Å². The predicted octanol–water partition coefficient (Wildman–Crippen LogP) is 0.404. The summed E-state index contributed by atoms with van der Waals surface area (Å²) in [6.45, 7) is 4.02. The zero-order chi connectivity index (χ0) is 11.1. The van der Waals surface area contributed by atoms with Crippen molar-refractivity contribution in [3.63, 3.8) is 0 Å². The fourth-order valence-corrected chi connectivity index (χ4v) is 1.96. The van der Waals surface area contributed by atoms with E-state index in [0.717, 1.165) is 33.2 Å². The molecule has 17 heavy (non-hydrogen) atoms. The molecule has 2 nitrogen and oxygen atoms in total. The van der Waals surface area contributed by atoms with Gasteiger partial charge in [0.15, 0.2) is 0 Å². The van der Waals surface area contributed by atoms with Gasteiger partial charge >= 0.3 is 0 Å². The lowest BCUT2D eigenvalue weighted by Gasteiger charge is -2.04. The van der Waals surface area contributed by atoms with Gasteiger partial charge in [-0.1, -0.05) is 24.3 Å². The van der Waals surface area contributed by atoms with Crippen molar-refractivity contribution >= 4 is 21.8 Å². The largest absolute Gasteiger partial charge is 1.00 e. The number of hydrogen-bond acceptors (Lipinski definition) is 2. The summed E-state index contributed by atoms with van der Waals surface area (Å²) in [5.74, 6) is 0. The molecule has 0 aliphatic heterocycles. The SMILES string of the molecule is Cc1ccc2ccc3ccc(C)nc3c2n1.[Cl-]. The number of aromatic nitrogens is 2. The molecule has 2 aromatic heterocycles. The molecule has 2 heterocycles.